The number of nitrogens with two attached hydrogens (primary N) is 1. The number of aliphatic hydroxyl groups is 1. The molecular weight excluding hydrogens is 518 g/mol. The van der Waals surface area contributed by atoms with E-state index < -0.39 is 60.7 Å². The second kappa shape index (κ2) is 12.4. The normalized spacial score (nSPS) is 23.3. The van der Waals surface area contributed by atoms with Gasteiger partial charge in [0.2, 0.25) is 6.79 Å². The van der Waals surface area contributed by atoms with Crippen molar-refractivity contribution in [3.8, 4) is 0 Å². The highest BCUT2D eigenvalue weighted by Gasteiger charge is 2.56. The lowest BCUT2D eigenvalue weighted by Gasteiger charge is -2.27. The number of nitrogens with one attached hydrogen (secondary N) is 1. The molecule has 2 aromatic heterocycles. The van der Waals surface area contributed by atoms with Crippen LogP contribution in [0.15, 0.2) is 18.5 Å². The van der Waals surface area contributed by atoms with Gasteiger partial charge >= 0.3 is 24.0 Å². The Hall–Kier alpha value is -3.82. The summed E-state index contributed by atoms with van der Waals surface area (Å²) in [5.74, 6) is -1.97. The van der Waals surface area contributed by atoms with Crippen LogP contribution in [-0.2, 0) is 43.7 Å². The molecule has 15 heteroatoms. The first-order valence-corrected chi connectivity index (χ1v) is 12.3. The van der Waals surface area contributed by atoms with Gasteiger partial charge in [0.25, 0.3) is 0 Å². The average molecular weight is 552 g/mol. The molecule has 3 rings (SSSR count). The second-order valence-electron chi connectivity index (χ2n) is 9.35. The van der Waals surface area contributed by atoms with Gasteiger partial charge in [-0.1, -0.05) is 20.8 Å². The number of ether oxygens (including phenoxy) is 5. The van der Waals surface area contributed by atoms with E-state index in [1.54, 1.807) is 39.8 Å². The van der Waals surface area contributed by atoms with Crippen molar-refractivity contribution in [1.82, 2.24) is 14.6 Å². The number of carbonyl (C=O) groups excluding carboxylic acids is 4. The summed E-state index contributed by atoms with van der Waals surface area (Å²) < 4.78 is 27.7. The van der Waals surface area contributed by atoms with Crippen LogP contribution >= 0.6 is 0 Å². The number of nitrogens with zero attached hydrogens (tertiary/aromatic N) is 3. The van der Waals surface area contributed by atoms with E-state index in [1.807, 2.05) is 0 Å². The third-order valence-electron chi connectivity index (χ3n) is 6.21. The van der Waals surface area contributed by atoms with Crippen molar-refractivity contribution in [2.24, 2.45) is 11.7 Å². The number of amides is 1. The van der Waals surface area contributed by atoms with Crippen molar-refractivity contribution < 1.29 is 48.0 Å². The van der Waals surface area contributed by atoms with Crippen LogP contribution in [0.4, 0.5) is 10.6 Å². The summed E-state index contributed by atoms with van der Waals surface area (Å²) in [5, 5.41) is 17.9. The lowest BCUT2D eigenvalue weighted by molar-refractivity contribution is -0.161. The number of rotatable bonds is 10. The van der Waals surface area contributed by atoms with Crippen LogP contribution in [0.25, 0.3) is 5.52 Å². The molecule has 0 aromatic carbocycles. The Morgan fingerprint density at radius 3 is 2.59 bits per heavy atom. The molecule has 1 aliphatic heterocycles. The van der Waals surface area contributed by atoms with Crippen molar-refractivity contribution in [1.29, 1.82) is 0 Å². The van der Waals surface area contributed by atoms with Gasteiger partial charge in [-0.15, -0.1) is 0 Å². The van der Waals surface area contributed by atoms with E-state index in [0.717, 1.165) is 6.33 Å². The van der Waals surface area contributed by atoms with Gasteiger partial charge in [0.1, 0.15) is 42.3 Å². The van der Waals surface area contributed by atoms with Gasteiger partial charge in [-0.2, -0.15) is 5.10 Å². The molecule has 15 nitrogen and oxygen atoms in total. The molecule has 0 radical (unpaired) electrons. The largest absolute Gasteiger partial charge is 0.462 e. The molecular formula is C24H33N5O10. The van der Waals surface area contributed by atoms with Crippen LogP contribution in [0.5, 0.6) is 0 Å². The molecule has 3 heterocycles. The molecule has 1 amide bonds. The van der Waals surface area contributed by atoms with E-state index in [0.29, 0.717) is 11.2 Å². The van der Waals surface area contributed by atoms with Crippen molar-refractivity contribution in [2.45, 2.75) is 71.0 Å². The monoisotopic (exact) mass is 551 g/mol. The predicted molar refractivity (Wildman–Crippen MR) is 132 cm³/mol. The van der Waals surface area contributed by atoms with E-state index in [-0.39, 0.29) is 24.8 Å². The SMILES string of the molecule is CCC(=O)O[C@H]1[C@@H](O)[C@](C)(c2ccc3c(NC(=O)OCOC(C)=O)ncnn23)O[C@@H]1COC(=O)[C@@H](N)C(C)C. The zero-order valence-corrected chi connectivity index (χ0v) is 22.3. The smallest absolute Gasteiger partial charge is 0.415 e. The Morgan fingerprint density at radius 2 is 1.95 bits per heavy atom. The Kier molecular flexibility index (Phi) is 9.42. The maximum Gasteiger partial charge on any atom is 0.415 e. The van der Waals surface area contributed by atoms with Crippen molar-refractivity contribution >= 4 is 35.3 Å². The fourth-order valence-corrected chi connectivity index (χ4v) is 3.92. The minimum absolute atomic E-state index is 0.0501. The summed E-state index contributed by atoms with van der Waals surface area (Å²) in [5.41, 5.74) is 5.01. The van der Waals surface area contributed by atoms with Gasteiger partial charge < -0.3 is 34.5 Å². The zero-order chi connectivity index (χ0) is 28.9. The number of fused-ring (bicyclic) bond motifs is 1. The molecule has 39 heavy (non-hydrogen) atoms. The number of carbonyl (C=O) groups is 4. The lowest BCUT2D eigenvalue weighted by atomic mass is 9.93. The fourth-order valence-electron chi connectivity index (χ4n) is 3.92. The van der Waals surface area contributed by atoms with Gasteiger partial charge in [0.05, 0.1) is 5.69 Å². The topological polar surface area (TPSA) is 203 Å². The summed E-state index contributed by atoms with van der Waals surface area (Å²) in [6, 6.07) is 2.29. The highest BCUT2D eigenvalue weighted by atomic mass is 16.7. The molecule has 4 N–H and O–H groups in total. The lowest BCUT2D eigenvalue weighted by Crippen LogP contribution is -2.43. The first-order valence-electron chi connectivity index (χ1n) is 12.3. The fraction of sp³-hybridized carbons (Fsp3) is 0.583. The van der Waals surface area contributed by atoms with Gasteiger partial charge in [-0.3, -0.25) is 19.7 Å². The molecule has 0 bridgehead atoms. The molecule has 214 valence electrons. The van der Waals surface area contributed by atoms with Crippen LogP contribution in [-0.4, -0.2) is 81.5 Å². The molecule has 1 saturated heterocycles. The van der Waals surface area contributed by atoms with Crippen molar-refractivity contribution in [3.05, 3.63) is 24.2 Å². The van der Waals surface area contributed by atoms with Crippen molar-refractivity contribution in [2.75, 3.05) is 18.7 Å². The average Bonchev–Trinajstić information content (AvgIpc) is 3.43. The maximum absolute atomic E-state index is 12.3. The summed E-state index contributed by atoms with van der Waals surface area (Å²) in [6.45, 7) is 6.96. The number of hydrogen-bond donors (Lipinski definition) is 3. The Bertz CT molecular complexity index is 1220. The quantitative estimate of drug-likeness (QED) is 0.211. The van der Waals surface area contributed by atoms with Crippen LogP contribution < -0.4 is 11.1 Å². The Balaban J connectivity index is 1.87. The third kappa shape index (κ3) is 6.61. The van der Waals surface area contributed by atoms with Crippen LogP contribution in [0.3, 0.4) is 0 Å². The first kappa shape index (κ1) is 29.7. The summed E-state index contributed by atoms with van der Waals surface area (Å²) >= 11 is 0. The van der Waals surface area contributed by atoms with Crippen LogP contribution in [0.2, 0.25) is 0 Å². The molecule has 0 spiro atoms. The molecule has 1 aliphatic rings. The number of anilines is 1. The molecule has 2 aromatic rings. The van der Waals surface area contributed by atoms with Crippen molar-refractivity contribution in [3.63, 3.8) is 0 Å². The van der Waals surface area contributed by atoms with Gasteiger partial charge in [0.15, 0.2) is 11.9 Å². The highest BCUT2D eigenvalue weighted by molar-refractivity contribution is 5.88. The molecule has 1 fully saturated rings. The number of hydrogen-bond acceptors (Lipinski definition) is 13. The van der Waals surface area contributed by atoms with E-state index in [1.165, 1.54) is 11.4 Å². The standard InChI is InChI=1S/C24H33N5O10/c1-6-17(31)38-19-15(9-35-22(33)18(25)12(2)3)39-24(5,20(19)32)16-8-7-14-21(26-10-27-29(14)16)28-23(34)37-11-36-13(4)30/h7-8,10,12,15,18-20,32H,6,9,11,25H2,1-5H3,(H,26,27,28,34)/t15-,18+,19-,20-,24+/m1/s1. The van der Waals surface area contributed by atoms with Crippen LogP contribution in [0, 0.1) is 5.92 Å². The first-order chi connectivity index (χ1) is 18.4. The van der Waals surface area contributed by atoms with Gasteiger partial charge in [-0.05, 0) is 25.0 Å². The number of aliphatic hydroxyl groups excluding tert-OH is 1. The van der Waals surface area contributed by atoms with E-state index in [4.69, 9.17) is 24.7 Å². The summed E-state index contributed by atoms with van der Waals surface area (Å²) in [7, 11) is 0. The molecule has 5 atom stereocenters. The van der Waals surface area contributed by atoms with Gasteiger partial charge in [0, 0.05) is 13.3 Å². The summed E-state index contributed by atoms with van der Waals surface area (Å²) in [6.07, 6.45) is -3.32. The zero-order valence-electron chi connectivity index (χ0n) is 22.3. The van der Waals surface area contributed by atoms with E-state index in [9.17, 15) is 24.3 Å². The van der Waals surface area contributed by atoms with Gasteiger partial charge in [-0.25, -0.2) is 14.3 Å². The number of aromatic nitrogens is 3. The molecule has 0 unspecified atom stereocenters. The van der Waals surface area contributed by atoms with E-state index >= 15 is 0 Å². The Labute approximate surface area is 223 Å². The summed E-state index contributed by atoms with van der Waals surface area (Å²) in [4.78, 5) is 51.5. The molecule has 0 saturated carbocycles. The highest BCUT2D eigenvalue weighted by Crippen LogP contribution is 2.42. The molecule has 0 aliphatic carbocycles. The second-order valence-corrected chi connectivity index (χ2v) is 9.35. The number of esters is 3. The minimum atomic E-state index is -1.50. The maximum atomic E-state index is 12.3. The Morgan fingerprint density at radius 1 is 1.23 bits per heavy atom. The predicted octanol–water partition coefficient (Wildman–Crippen LogP) is 0.622. The minimum Gasteiger partial charge on any atom is -0.462 e. The third-order valence-corrected chi connectivity index (χ3v) is 6.21. The van der Waals surface area contributed by atoms with Crippen LogP contribution in [0.1, 0.15) is 46.7 Å². The van der Waals surface area contributed by atoms with E-state index in [2.05, 4.69) is 20.1 Å².